The first-order valence-corrected chi connectivity index (χ1v) is 5.86. The SMILES string of the molecule is NC(=O)C1CC(O)CN1C(=O)c1csc(N)n1. The zero-order valence-electron chi connectivity index (χ0n) is 8.87. The van der Waals surface area contributed by atoms with Gasteiger partial charge in [-0.25, -0.2) is 4.98 Å². The topological polar surface area (TPSA) is 123 Å². The Labute approximate surface area is 101 Å². The van der Waals surface area contributed by atoms with Gasteiger partial charge in [0.25, 0.3) is 5.91 Å². The number of nitrogens with zero attached hydrogens (tertiary/aromatic N) is 2. The number of anilines is 1. The molecular formula is C9H12N4O3S. The third-order valence-electron chi connectivity index (χ3n) is 2.61. The zero-order chi connectivity index (χ0) is 12.6. The molecule has 2 amide bonds. The van der Waals surface area contributed by atoms with Crippen LogP contribution >= 0.6 is 11.3 Å². The van der Waals surface area contributed by atoms with Crippen LogP contribution in [0.1, 0.15) is 16.9 Å². The number of β-amino-alcohol motifs (C(OH)–C–C–N with tert-alkyl or cyclic N) is 1. The summed E-state index contributed by atoms with van der Waals surface area (Å²) in [5, 5.41) is 11.3. The normalized spacial score (nSPS) is 23.9. The lowest BCUT2D eigenvalue weighted by Crippen LogP contribution is -2.43. The Hall–Kier alpha value is -1.67. The molecule has 1 fully saturated rings. The number of likely N-dealkylation sites (tertiary alicyclic amines) is 1. The molecule has 17 heavy (non-hydrogen) atoms. The Kier molecular flexibility index (Phi) is 2.99. The van der Waals surface area contributed by atoms with Crippen LogP contribution in [-0.4, -0.2) is 45.5 Å². The monoisotopic (exact) mass is 256 g/mol. The van der Waals surface area contributed by atoms with Gasteiger partial charge in [-0.15, -0.1) is 11.3 Å². The van der Waals surface area contributed by atoms with Crippen molar-refractivity contribution in [3.63, 3.8) is 0 Å². The van der Waals surface area contributed by atoms with Crippen LogP contribution in [0.2, 0.25) is 0 Å². The van der Waals surface area contributed by atoms with Crippen molar-refractivity contribution < 1.29 is 14.7 Å². The maximum Gasteiger partial charge on any atom is 0.274 e. The molecule has 2 atom stereocenters. The van der Waals surface area contributed by atoms with Gasteiger partial charge in [-0.3, -0.25) is 9.59 Å². The van der Waals surface area contributed by atoms with E-state index in [4.69, 9.17) is 11.5 Å². The van der Waals surface area contributed by atoms with E-state index in [9.17, 15) is 14.7 Å². The molecule has 5 N–H and O–H groups in total. The molecule has 1 aliphatic rings. The largest absolute Gasteiger partial charge is 0.391 e. The summed E-state index contributed by atoms with van der Waals surface area (Å²) >= 11 is 1.14. The Morgan fingerprint density at radius 2 is 2.29 bits per heavy atom. The third kappa shape index (κ3) is 2.22. The fraction of sp³-hybridized carbons (Fsp3) is 0.444. The van der Waals surface area contributed by atoms with Gasteiger partial charge < -0.3 is 21.5 Å². The molecule has 1 aromatic heterocycles. The fourth-order valence-electron chi connectivity index (χ4n) is 1.84. The van der Waals surface area contributed by atoms with Gasteiger partial charge in [0, 0.05) is 18.3 Å². The predicted octanol–water partition coefficient (Wildman–Crippen LogP) is -1.21. The second-order valence-electron chi connectivity index (χ2n) is 3.84. The molecule has 2 heterocycles. The molecule has 2 rings (SSSR count). The second-order valence-corrected chi connectivity index (χ2v) is 4.73. The number of thiazole rings is 1. The molecule has 1 aliphatic heterocycles. The first-order valence-electron chi connectivity index (χ1n) is 4.98. The average Bonchev–Trinajstić information content (AvgIpc) is 2.83. The maximum atomic E-state index is 12.0. The first-order chi connectivity index (χ1) is 7.99. The summed E-state index contributed by atoms with van der Waals surface area (Å²) < 4.78 is 0. The minimum absolute atomic E-state index is 0.0872. The van der Waals surface area contributed by atoms with Crippen molar-refractivity contribution in [3.05, 3.63) is 11.1 Å². The summed E-state index contributed by atoms with van der Waals surface area (Å²) in [6.07, 6.45) is -0.562. The van der Waals surface area contributed by atoms with E-state index in [2.05, 4.69) is 4.98 Å². The van der Waals surface area contributed by atoms with Gasteiger partial charge in [-0.2, -0.15) is 0 Å². The lowest BCUT2D eigenvalue weighted by Gasteiger charge is -2.20. The number of aliphatic hydroxyl groups is 1. The molecule has 1 saturated heterocycles. The molecule has 0 spiro atoms. The van der Waals surface area contributed by atoms with Crippen LogP contribution in [0, 0.1) is 0 Å². The summed E-state index contributed by atoms with van der Waals surface area (Å²) in [7, 11) is 0. The van der Waals surface area contributed by atoms with Crippen molar-refractivity contribution in [3.8, 4) is 0 Å². The first kappa shape index (κ1) is 11.8. The van der Waals surface area contributed by atoms with Crippen molar-refractivity contribution in [2.24, 2.45) is 5.73 Å². The standard InChI is InChI=1S/C9H12N4O3S/c10-7(15)6-1-4(14)2-13(6)8(16)5-3-17-9(11)12-5/h3-4,6,14H,1-2H2,(H2,10,15)(H2,11,12). The Bertz CT molecular complexity index is 461. The third-order valence-corrected chi connectivity index (χ3v) is 3.28. The van der Waals surface area contributed by atoms with E-state index in [0.717, 1.165) is 11.3 Å². The molecular weight excluding hydrogens is 244 g/mol. The van der Waals surface area contributed by atoms with Gasteiger partial charge in [0.1, 0.15) is 11.7 Å². The van der Waals surface area contributed by atoms with Gasteiger partial charge in [0.2, 0.25) is 5.91 Å². The summed E-state index contributed by atoms with van der Waals surface area (Å²) in [4.78, 5) is 28.3. The van der Waals surface area contributed by atoms with Crippen LogP contribution in [0.3, 0.4) is 0 Å². The summed E-state index contributed by atoms with van der Waals surface area (Å²) in [5.74, 6) is -1.06. The van der Waals surface area contributed by atoms with Gasteiger partial charge >= 0.3 is 0 Å². The van der Waals surface area contributed by atoms with E-state index in [1.165, 1.54) is 10.3 Å². The summed E-state index contributed by atoms with van der Waals surface area (Å²) in [6, 6.07) is -0.777. The van der Waals surface area contributed by atoms with E-state index in [0.29, 0.717) is 0 Å². The van der Waals surface area contributed by atoms with E-state index < -0.39 is 24.0 Å². The number of nitrogens with two attached hydrogens (primary N) is 2. The van der Waals surface area contributed by atoms with Crippen LogP contribution in [0.5, 0.6) is 0 Å². The molecule has 8 heteroatoms. The predicted molar refractivity (Wildman–Crippen MR) is 61.2 cm³/mol. The van der Waals surface area contributed by atoms with Crippen molar-refractivity contribution in [1.29, 1.82) is 0 Å². The number of primary amides is 1. The molecule has 0 bridgehead atoms. The van der Waals surface area contributed by atoms with Crippen LogP contribution in [0.15, 0.2) is 5.38 Å². The molecule has 7 nitrogen and oxygen atoms in total. The molecule has 1 aromatic rings. The van der Waals surface area contributed by atoms with Crippen molar-refractivity contribution in [2.45, 2.75) is 18.6 Å². The van der Waals surface area contributed by atoms with E-state index in [1.54, 1.807) is 0 Å². The Morgan fingerprint density at radius 1 is 1.59 bits per heavy atom. The van der Waals surface area contributed by atoms with Gasteiger partial charge in [-0.05, 0) is 0 Å². The number of carbonyl (C=O) groups excluding carboxylic acids is 2. The Morgan fingerprint density at radius 3 is 2.82 bits per heavy atom. The van der Waals surface area contributed by atoms with E-state index in [-0.39, 0.29) is 23.8 Å². The molecule has 0 radical (unpaired) electrons. The summed E-state index contributed by atoms with van der Waals surface area (Å²) in [5.41, 5.74) is 10.8. The molecule has 2 unspecified atom stereocenters. The number of amides is 2. The smallest absolute Gasteiger partial charge is 0.274 e. The molecule has 0 saturated carbocycles. The van der Waals surface area contributed by atoms with E-state index >= 15 is 0 Å². The number of rotatable bonds is 2. The molecule has 92 valence electrons. The molecule has 0 aliphatic carbocycles. The zero-order valence-corrected chi connectivity index (χ0v) is 9.68. The lowest BCUT2D eigenvalue weighted by atomic mass is 10.2. The van der Waals surface area contributed by atoms with Gasteiger partial charge in [0.15, 0.2) is 5.13 Å². The van der Waals surface area contributed by atoms with Crippen molar-refractivity contribution >= 4 is 28.3 Å². The maximum absolute atomic E-state index is 12.0. The number of carbonyl (C=O) groups is 2. The molecule has 0 aromatic carbocycles. The van der Waals surface area contributed by atoms with Crippen LogP contribution in [0.4, 0.5) is 5.13 Å². The van der Waals surface area contributed by atoms with Crippen LogP contribution in [-0.2, 0) is 4.79 Å². The number of hydrogen-bond acceptors (Lipinski definition) is 6. The fourth-order valence-corrected chi connectivity index (χ4v) is 2.38. The van der Waals surface area contributed by atoms with Crippen LogP contribution in [0.25, 0.3) is 0 Å². The van der Waals surface area contributed by atoms with Gasteiger partial charge in [0.05, 0.1) is 6.10 Å². The highest BCUT2D eigenvalue weighted by Crippen LogP contribution is 2.21. The lowest BCUT2D eigenvalue weighted by molar-refractivity contribution is -0.121. The highest BCUT2D eigenvalue weighted by molar-refractivity contribution is 7.13. The highest BCUT2D eigenvalue weighted by Gasteiger charge is 2.38. The minimum Gasteiger partial charge on any atom is -0.391 e. The van der Waals surface area contributed by atoms with Crippen LogP contribution < -0.4 is 11.5 Å². The number of aliphatic hydroxyl groups excluding tert-OH is 1. The number of hydrogen-bond donors (Lipinski definition) is 3. The Balaban J connectivity index is 2.21. The van der Waals surface area contributed by atoms with Crippen molar-refractivity contribution in [1.82, 2.24) is 9.88 Å². The van der Waals surface area contributed by atoms with Gasteiger partial charge in [-0.1, -0.05) is 0 Å². The van der Waals surface area contributed by atoms with E-state index in [1.807, 2.05) is 0 Å². The summed E-state index contributed by atoms with van der Waals surface area (Å²) in [6.45, 7) is 0.0872. The number of nitrogen functional groups attached to an aromatic ring is 1. The minimum atomic E-state index is -0.777. The average molecular weight is 256 g/mol. The van der Waals surface area contributed by atoms with Crippen molar-refractivity contribution in [2.75, 3.05) is 12.3 Å². The highest BCUT2D eigenvalue weighted by atomic mass is 32.1. The number of aromatic nitrogens is 1. The quantitative estimate of drug-likeness (QED) is 0.612. The second kappa shape index (κ2) is 4.30.